The number of sulfonamides is 1. The number of nitrogens with one attached hydrogen (secondary N) is 1. The van der Waals surface area contributed by atoms with Crippen molar-refractivity contribution in [3.8, 4) is 0 Å². The highest BCUT2D eigenvalue weighted by molar-refractivity contribution is 7.89. The van der Waals surface area contributed by atoms with Gasteiger partial charge in [-0.2, -0.15) is 4.31 Å². The molecule has 2 aromatic carbocycles. The number of hydrogen-bond donors (Lipinski definition) is 1. The van der Waals surface area contributed by atoms with Crippen LogP contribution in [0.15, 0.2) is 53.4 Å². The van der Waals surface area contributed by atoms with Crippen LogP contribution in [-0.4, -0.2) is 31.2 Å². The quantitative estimate of drug-likeness (QED) is 0.736. The van der Waals surface area contributed by atoms with Crippen molar-refractivity contribution in [3.05, 3.63) is 64.9 Å². The average molecular weight is 425 g/mol. The Morgan fingerprint density at radius 3 is 2.39 bits per heavy atom. The van der Waals surface area contributed by atoms with Crippen LogP contribution in [0.4, 0.5) is 4.39 Å². The van der Waals surface area contributed by atoms with Gasteiger partial charge in [-0.25, -0.2) is 12.8 Å². The average Bonchev–Trinajstić information content (AvgIpc) is 3.16. The maximum atomic E-state index is 13.2. The van der Waals surface area contributed by atoms with Crippen LogP contribution in [0.3, 0.4) is 0 Å². The molecule has 1 fully saturated rings. The van der Waals surface area contributed by atoms with E-state index in [9.17, 15) is 17.6 Å². The van der Waals surface area contributed by atoms with Gasteiger partial charge in [-0.15, -0.1) is 0 Å². The van der Waals surface area contributed by atoms with Gasteiger partial charge in [0.2, 0.25) is 15.9 Å². The van der Waals surface area contributed by atoms with Gasteiger partial charge >= 0.3 is 0 Å². The van der Waals surface area contributed by atoms with Crippen molar-refractivity contribution < 1.29 is 17.6 Å². The smallest absolute Gasteiger partial charge is 0.243 e. The molecule has 0 spiro atoms. The van der Waals surface area contributed by atoms with Gasteiger partial charge in [0.15, 0.2) is 0 Å². The van der Waals surface area contributed by atoms with E-state index >= 15 is 0 Å². The fourth-order valence-corrected chi connectivity index (χ4v) is 4.87. The molecule has 0 saturated heterocycles. The summed E-state index contributed by atoms with van der Waals surface area (Å²) in [5.41, 5.74) is 0.587. The maximum absolute atomic E-state index is 13.2. The van der Waals surface area contributed by atoms with Crippen LogP contribution in [0.5, 0.6) is 0 Å². The molecule has 5 nitrogen and oxygen atoms in total. The van der Waals surface area contributed by atoms with Gasteiger partial charge in [-0.05, 0) is 48.7 Å². The number of nitrogens with zero attached hydrogens (tertiary/aromatic N) is 1. The lowest BCUT2D eigenvalue weighted by Crippen LogP contribution is -2.43. The first kappa shape index (κ1) is 20.8. The molecule has 0 radical (unpaired) electrons. The summed E-state index contributed by atoms with van der Waals surface area (Å²) < 4.78 is 40.5. The predicted octanol–water partition coefficient (Wildman–Crippen LogP) is 3.73. The van der Waals surface area contributed by atoms with Crippen LogP contribution in [0.2, 0.25) is 5.02 Å². The third-order valence-electron chi connectivity index (χ3n) is 4.80. The molecule has 8 heteroatoms. The van der Waals surface area contributed by atoms with Gasteiger partial charge in [-0.1, -0.05) is 42.6 Å². The standard InChI is InChI=1S/C20H22ClFN2O3S/c21-19-8-4-1-5-15(19)13-24(14-20(25)23-17-6-2-3-7-17)28(26,27)18-11-9-16(22)10-12-18/h1,4-5,8-12,17H,2-3,6-7,13-14H2,(H,23,25). The van der Waals surface area contributed by atoms with Crippen LogP contribution >= 0.6 is 11.6 Å². The zero-order chi connectivity index (χ0) is 20.1. The van der Waals surface area contributed by atoms with E-state index in [0.717, 1.165) is 42.1 Å². The number of hydrogen-bond acceptors (Lipinski definition) is 3. The number of benzene rings is 2. The van der Waals surface area contributed by atoms with E-state index < -0.39 is 15.8 Å². The summed E-state index contributed by atoms with van der Waals surface area (Å²) in [6.07, 6.45) is 3.92. The van der Waals surface area contributed by atoms with Crippen molar-refractivity contribution in [1.29, 1.82) is 0 Å². The largest absolute Gasteiger partial charge is 0.352 e. The summed E-state index contributed by atoms with van der Waals surface area (Å²) >= 11 is 6.19. The third kappa shape index (κ3) is 5.10. The number of carbonyl (C=O) groups is 1. The number of carbonyl (C=O) groups excluding carboxylic acids is 1. The normalized spacial score (nSPS) is 15.1. The van der Waals surface area contributed by atoms with Gasteiger partial charge in [0.1, 0.15) is 5.82 Å². The lowest BCUT2D eigenvalue weighted by atomic mass is 10.2. The Hall–Kier alpha value is -1.96. The van der Waals surface area contributed by atoms with Crippen molar-refractivity contribution >= 4 is 27.5 Å². The number of amides is 1. The lowest BCUT2D eigenvalue weighted by Gasteiger charge is -2.23. The Morgan fingerprint density at radius 1 is 1.11 bits per heavy atom. The molecule has 0 aliphatic heterocycles. The molecule has 3 rings (SSSR count). The highest BCUT2D eigenvalue weighted by Crippen LogP contribution is 2.23. The van der Waals surface area contributed by atoms with Crippen molar-refractivity contribution in [2.45, 2.75) is 43.2 Å². The summed E-state index contributed by atoms with van der Waals surface area (Å²) in [5, 5.41) is 3.32. The first-order valence-electron chi connectivity index (χ1n) is 9.15. The summed E-state index contributed by atoms with van der Waals surface area (Å²) in [6.45, 7) is -0.390. The topological polar surface area (TPSA) is 66.5 Å². The van der Waals surface area contributed by atoms with Crippen LogP contribution < -0.4 is 5.32 Å². The lowest BCUT2D eigenvalue weighted by molar-refractivity contribution is -0.122. The fourth-order valence-electron chi connectivity index (χ4n) is 3.30. The predicted molar refractivity (Wildman–Crippen MR) is 106 cm³/mol. The summed E-state index contributed by atoms with van der Waals surface area (Å²) in [7, 11) is -4.01. The first-order chi connectivity index (χ1) is 13.4. The molecule has 0 unspecified atom stereocenters. The van der Waals surface area contributed by atoms with E-state index in [1.54, 1.807) is 24.3 Å². The second kappa shape index (κ2) is 9.03. The molecular weight excluding hydrogens is 403 g/mol. The minimum atomic E-state index is -4.01. The van der Waals surface area contributed by atoms with Crippen LogP contribution in [0, 0.1) is 5.82 Å². The molecule has 1 aliphatic rings. The Balaban J connectivity index is 1.85. The second-order valence-electron chi connectivity index (χ2n) is 6.87. The molecule has 1 saturated carbocycles. The van der Waals surface area contributed by atoms with E-state index in [1.807, 2.05) is 0 Å². The highest BCUT2D eigenvalue weighted by atomic mass is 35.5. The van der Waals surface area contributed by atoms with Crippen molar-refractivity contribution in [2.24, 2.45) is 0 Å². The molecule has 0 atom stereocenters. The Labute approximate surface area is 169 Å². The number of halogens is 2. The third-order valence-corrected chi connectivity index (χ3v) is 6.97. The van der Waals surface area contributed by atoms with Crippen LogP contribution in [0.25, 0.3) is 0 Å². The van der Waals surface area contributed by atoms with E-state index in [1.165, 1.54) is 12.1 Å². The molecule has 0 bridgehead atoms. The van der Waals surface area contributed by atoms with Gasteiger partial charge in [-0.3, -0.25) is 4.79 Å². The van der Waals surface area contributed by atoms with E-state index in [4.69, 9.17) is 11.6 Å². The fraction of sp³-hybridized carbons (Fsp3) is 0.350. The molecule has 150 valence electrons. The Kier molecular flexibility index (Phi) is 6.69. The van der Waals surface area contributed by atoms with E-state index in [0.29, 0.717) is 10.6 Å². The van der Waals surface area contributed by atoms with Crippen molar-refractivity contribution in [3.63, 3.8) is 0 Å². The van der Waals surface area contributed by atoms with Gasteiger partial charge in [0, 0.05) is 17.6 Å². The monoisotopic (exact) mass is 424 g/mol. The summed E-state index contributed by atoms with van der Waals surface area (Å²) in [4.78, 5) is 12.4. The molecule has 1 amide bonds. The minimum absolute atomic E-state index is 0.0581. The van der Waals surface area contributed by atoms with E-state index in [2.05, 4.69) is 5.32 Å². The molecule has 28 heavy (non-hydrogen) atoms. The minimum Gasteiger partial charge on any atom is -0.352 e. The Bertz CT molecular complexity index is 929. The zero-order valence-electron chi connectivity index (χ0n) is 15.3. The molecule has 0 heterocycles. The summed E-state index contributed by atoms with van der Waals surface area (Å²) in [5.74, 6) is -0.889. The molecular formula is C20H22ClFN2O3S. The highest BCUT2D eigenvalue weighted by Gasteiger charge is 2.28. The van der Waals surface area contributed by atoms with E-state index in [-0.39, 0.29) is 29.9 Å². The zero-order valence-corrected chi connectivity index (χ0v) is 16.8. The van der Waals surface area contributed by atoms with Crippen molar-refractivity contribution in [2.75, 3.05) is 6.54 Å². The van der Waals surface area contributed by atoms with Gasteiger partial charge < -0.3 is 5.32 Å². The first-order valence-corrected chi connectivity index (χ1v) is 11.0. The number of rotatable bonds is 7. The second-order valence-corrected chi connectivity index (χ2v) is 9.21. The Morgan fingerprint density at radius 2 is 1.75 bits per heavy atom. The molecule has 1 N–H and O–H groups in total. The van der Waals surface area contributed by atoms with Crippen LogP contribution in [-0.2, 0) is 21.4 Å². The molecule has 2 aromatic rings. The van der Waals surface area contributed by atoms with Gasteiger partial charge in [0.05, 0.1) is 11.4 Å². The maximum Gasteiger partial charge on any atom is 0.243 e. The van der Waals surface area contributed by atoms with Gasteiger partial charge in [0.25, 0.3) is 0 Å². The molecule has 1 aliphatic carbocycles. The van der Waals surface area contributed by atoms with Crippen LogP contribution in [0.1, 0.15) is 31.2 Å². The molecule has 0 aromatic heterocycles. The van der Waals surface area contributed by atoms with Crippen molar-refractivity contribution in [1.82, 2.24) is 9.62 Å². The summed E-state index contributed by atoms with van der Waals surface area (Å²) in [6, 6.07) is 11.5. The SMILES string of the molecule is O=C(CN(Cc1ccccc1Cl)S(=O)(=O)c1ccc(F)cc1)NC1CCCC1.